The average molecular weight is 1030 g/mol. The molecule has 2 saturated heterocycles. The molecule has 0 aromatic heterocycles. The average Bonchev–Trinajstić information content (AvgIpc) is 4.13. The number of esters is 1. The first-order valence-electron chi connectivity index (χ1n) is 22.6. The van der Waals surface area contributed by atoms with Crippen LogP contribution in [0.2, 0.25) is 20.1 Å². The highest BCUT2D eigenvalue weighted by molar-refractivity contribution is 6.42. The summed E-state index contributed by atoms with van der Waals surface area (Å²) >= 11 is 24.2. The van der Waals surface area contributed by atoms with Gasteiger partial charge in [0.05, 0.1) is 46.2 Å². The number of urea groups is 2. The van der Waals surface area contributed by atoms with Crippen LogP contribution in [0.1, 0.15) is 33.4 Å². The van der Waals surface area contributed by atoms with Gasteiger partial charge in [0.2, 0.25) is 11.9 Å². The van der Waals surface area contributed by atoms with Gasteiger partial charge in [-0.3, -0.25) is 24.2 Å². The van der Waals surface area contributed by atoms with Crippen molar-refractivity contribution in [2.45, 2.75) is 63.2 Å². The number of guanidine groups is 2. The SMILES string of the molecule is CN1C(=O)N(Cc2ccc(Cl)c(Cl)c2)C(=O)C2C1N=C(Nc1ccc3c(c1)CC(CO)C3)N2C.COC(=O)C1Cc2ccc(NC3=NC4C(C(=O)N(Cc5ccc(Cl)c(Cl)c5)C(=O)N4C)N3C)cc2C1. The monoisotopic (exact) mass is 1030 g/mol. The van der Waals surface area contributed by atoms with Gasteiger partial charge in [0, 0.05) is 46.2 Å². The van der Waals surface area contributed by atoms with Crippen LogP contribution in [0.25, 0.3) is 0 Å². The number of halogens is 4. The molecule has 70 heavy (non-hydrogen) atoms. The normalized spacial score (nSPS) is 23.4. The van der Waals surface area contributed by atoms with Gasteiger partial charge in [-0.25, -0.2) is 19.6 Å². The minimum atomic E-state index is -0.670. The Morgan fingerprint density at radius 2 is 1.03 bits per heavy atom. The molecule has 21 heteroatoms. The van der Waals surface area contributed by atoms with Crippen molar-refractivity contribution < 1.29 is 33.8 Å². The van der Waals surface area contributed by atoms with E-state index >= 15 is 0 Å². The zero-order valence-corrected chi connectivity index (χ0v) is 41.9. The number of aliphatic hydroxyl groups is 1. The van der Waals surface area contributed by atoms with E-state index in [1.807, 2.05) is 24.3 Å². The summed E-state index contributed by atoms with van der Waals surface area (Å²) in [4.78, 5) is 83.2. The van der Waals surface area contributed by atoms with Gasteiger partial charge in [-0.05, 0) is 114 Å². The Morgan fingerprint density at radius 1 is 0.600 bits per heavy atom. The van der Waals surface area contributed by atoms with Gasteiger partial charge in [0.25, 0.3) is 11.8 Å². The molecule has 4 aliphatic heterocycles. The Labute approximate surface area is 424 Å². The van der Waals surface area contributed by atoms with Crippen molar-refractivity contribution in [1.29, 1.82) is 0 Å². The van der Waals surface area contributed by atoms with Crippen molar-refractivity contribution in [3.63, 3.8) is 0 Å². The molecule has 17 nitrogen and oxygen atoms in total. The zero-order valence-electron chi connectivity index (χ0n) is 38.8. The summed E-state index contributed by atoms with van der Waals surface area (Å²) in [6.07, 6.45) is 1.72. The van der Waals surface area contributed by atoms with Crippen molar-refractivity contribution in [2.75, 3.05) is 52.5 Å². The van der Waals surface area contributed by atoms with Crippen molar-refractivity contribution in [3.05, 3.63) is 126 Å². The lowest BCUT2D eigenvalue weighted by molar-refractivity contribution is -0.145. The maximum atomic E-state index is 13.4. The highest BCUT2D eigenvalue weighted by atomic mass is 35.5. The van der Waals surface area contributed by atoms with E-state index in [0.717, 1.165) is 35.3 Å². The van der Waals surface area contributed by atoms with E-state index < -0.39 is 36.5 Å². The Balaban J connectivity index is 0.000000174. The van der Waals surface area contributed by atoms with Crippen molar-refractivity contribution in [2.24, 2.45) is 21.8 Å². The predicted octanol–water partition coefficient (Wildman–Crippen LogP) is 6.59. The molecule has 4 aromatic rings. The number of carbonyl (C=O) groups excluding carboxylic acids is 5. The van der Waals surface area contributed by atoms with Crippen LogP contribution in [0.4, 0.5) is 21.0 Å². The molecule has 3 N–H and O–H groups in total. The third-order valence-electron chi connectivity index (χ3n) is 13.8. The van der Waals surface area contributed by atoms with Crippen LogP contribution in [-0.4, -0.2) is 143 Å². The largest absolute Gasteiger partial charge is 0.469 e. The summed E-state index contributed by atoms with van der Waals surface area (Å²) in [5.41, 5.74) is 7.70. The molecule has 2 aliphatic carbocycles. The van der Waals surface area contributed by atoms with Crippen LogP contribution >= 0.6 is 46.4 Å². The first-order chi connectivity index (χ1) is 33.4. The summed E-state index contributed by atoms with van der Waals surface area (Å²) in [7, 11) is 8.26. The number of fused-ring (bicyclic) bond motifs is 4. The molecular formula is C49H50Cl4N10O7. The second-order valence-corrected chi connectivity index (χ2v) is 19.9. The molecule has 2 fully saturated rings. The molecule has 10 rings (SSSR count). The fourth-order valence-corrected chi connectivity index (χ4v) is 10.6. The number of methoxy groups -OCH3 is 1. The number of aliphatic imine (C=N–C) groups is 2. The molecule has 0 saturated carbocycles. The Kier molecular flexibility index (Phi) is 13.7. The number of hydrogen-bond acceptors (Lipinski definition) is 13. The number of hydrogen-bond donors (Lipinski definition) is 3. The summed E-state index contributed by atoms with van der Waals surface area (Å²) in [6.45, 7) is 0.345. The summed E-state index contributed by atoms with van der Waals surface area (Å²) < 4.78 is 4.90. The number of nitrogens with one attached hydrogen (secondary N) is 2. The maximum Gasteiger partial charge on any atom is 0.328 e. The van der Waals surface area contributed by atoms with Gasteiger partial charge in [-0.2, -0.15) is 0 Å². The third kappa shape index (κ3) is 9.20. The van der Waals surface area contributed by atoms with E-state index in [1.54, 1.807) is 74.4 Å². The maximum absolute atomic E-state index is 13.4. The smallest absolute Gasteiger partial charge is 0.328 e. The summed E-state index contributed by atoms with van der Waals surface area (Å²) in [5.74, 6) is 0.232. The molecule has 4 aromatic carbocycles. The molecule has 6 atom stereocenters. The van der Waals surface area contributed by atoms with E-state index in [4.69, 9.17) is 51.1 Å². The van der Waals surface area contributed by atoms with E-state index in [0.29, 0.717) is 56.0 Å². The van der Waals surface area contributed by atoms with E-state index in [-0.39, 0.29) is 49.3 Å². The first kappa shape index (κ1) is 48.9. The molecule has 6 aliphatic rings. The fourth-order valence-electron chi connectivity index (χ4n) is 9.91. The van der Waals surface area contributed by atoms with Crippen LogP contribution in [0.5, 0.6) is 0 Å². The topological polar surface area (TPSA) is 183 Å². The minimum Gasteiger partial charge on any atom is -0.469 e. The van der Waals surface area contributed by atoms with Crippen LogP contribution in [0, 0.1) is 11.8 Å². The second kappa shape index (κ2) is 19.6. The van der Waals surface area contributed by atoms with Crippen molar-refractivity contribution in [1.82, 2.24) is 29.4 Å². The number of rotatable bonds is 8. The number of imide groups is 2. The number of aliphatic hydroxyl groups excluding tert-OH is 1. The minimum absolute atomic E-state index is 0.0743. The predicted molar refractivity (Wildman–Crippen MR) is 267 cm³/mol. The van der Waals surface area contributed by atoms with E-state index in [9.17, 15) is 29.1 Å². The summed E-state index contributed by atoms with van der Waals surface area (Å²) in [5, 5.41) is 17.6. The molecule has 366 valence electrons. The summed E-state index contributed by atoms with van der Waals surface area (Å²) in [6, 6.07) is 19.9. The Bertz CT molecular complexity index is 2880. The molecule has 0 radical (unpaired) electrons. The van der Waals surface area contributed by atoms with Crippen LogP contribution in [-0.2, 0) is 57.9 Å². The number of likely N-dealkylation sites (N-methyl/N-ethyl adjacent to an activating group) is 4. The highest BCUT2D eigenvalue weighted by Crippen LogP contribution is 2.35. The van der Waals surface area contributed by atoms with Gasteiger partial charge < -0.3 is 40.1 Å². The van der Waals surface area contributed by atoms with Gasteiger partial charge in [0.15, 0.2) is 24.4 Å². The van der Waals surface area contributed by atoms with Crippen LogP contribution in [0.3, 0.4) is 0 Å². The molecule has 6 unspecified atom stereocenters. The second-order valence-electron chi connectivity index (χ2n) is 18.3. The van der Waals surface area contributed by atoms with Gasteiger partial charge >= 0.3 is 18.0 Å². The van der Waals surface area contributed by atoms with E-state index in [2.05, 4.69) is 32.8 Å². The van der Waals surface area contributed by atoms with Gasteiger partial charge in [0.1, 0.15) is 0 Å². The Hall–Kier alpha value is -6.11. The van der Waals surface area contributed by atoms with Gasteiger partial charge in [-0.1, -0.05) is 70.7 Å². The van der Waals surface area contributed by atoms with Crippen molar-refractivity contribution in [3.8, 4) is 0 Å². The number of nitrogens with zero attached hydrogens (tertiary/aromatic N) is 8. The quantitative estimate of drug-likeness (QED) is 0.162. The number of amides is 6. The first-order valence-corrected chi connectivity index (χ1v) is 24.1. The molecule has 0 bridgehead atoms. The Morgan fingerprint density at radius 3 is 1.47 bits per heavy atom. The third-order valence-corrected chi connectivity index (χ3v) is 15.3. The fraction of sp³-hybridized carbons (Fsp3) is 0.367. The lowest BCUT2D eigenvalue weighted by Gasteiger charge is -2.40. The lowest BCUT2D eigenvalue weighted by atomic mass is 10.1. The lowest BCUT2D eigenvalue weighted by Crippen LogP contribution is -2.64. The molecule has 6 amide bonds. The highest BCUT2D eigenvalue weighted by Gasteiger charge is 2.52. The number of ether oxygens (including phenoxy) is 1. The van der Waals surface area contributed by atoms with Crippen LogP contribution < -0.4 is 10.6 Å². The number of anilines is 2. The van der Waals surface area contributed by atoms with Gasteiger partial charge in [-0.15, -0.1) is 0 Å². The number of carbonyl (C=O) groups is 5. The number of benzene rings is 4. The van der Waals surface area contributed by atoms with E-state index in [1.165, 1.54) is 37.8 Å². The standard InChI is InChI=1S/C25H25Cl2N5O4.C24H25Cl2N5O3/c1-30-20-21(31(2)25(35)32(22(20)33)12-13-4-7-18(26)19(27)8-13)29-24(30)28-17-6-5-14-9-16(23(34)36-3)10-15(14)11-17;1-29-20-21(28-23(29)27-17-5-4-15-7-14(12-32)8-16(15)10-17)30(2)24(34)31(22(20)33)11-13-3-6-18(25)19(26)9-13/h4-8,11,16,20-21H,9-10,12H2,1-3H3,(H,28,29);3-6,9-10,14,20-21,32H,7-8,11-12H2,1-2H3,(H,27,28). The van der Waals surface area contributed by atoms with Crippen LogP contribution in [0.15, 0.2) is 82.8 Å². The van der Waals surface area contributed by atoms with Crippen molar-refractivity contribution >= 4 is 99.5 Å². The molecular weight excluding hydrogens is 982 g/mol. The zero-order chi connectivity index (χ0) is 49.9. The molecule has 4 heterocycles. The molecule has 0 spiro atoms.